The van der Waals surface area contributed by atoms with E-state index in [1.165, 1.54) is 6.42 Å². The Kier molecular flexibility index (Phi) is 3.68. The molecule has 2 fully saturated rings. The van der Waals surface area contributed by atoms with E-state index in [0.29, 0.717) is 24.1 Å². The van der Waals surface area contributed by atoms with Crippen LogP contribution < -0.4 is 0 Å². The van der Waals surface area contributed by atoms with Crippen molar-refractivity contribution in [3.63, 3.8) is 0 Å². The molecule has 1 heterocycles. The Hall–Kier alpha value is -0.790. The molecule has 2 saturated carbocycles. The third kappa shape index (κ3) is 2.66. The van der Waals surface area contributed by atoms with Gasteiger partial charge in [0.05, 0.1) is 6.07 Å². The summed E-state index contributed by atoms with van der Waals surface area (Å²) >= 11 is 12.0. The number of aryl methyl sites for hydroxylation is 1. The van der Waals surface area contributed by atoms with Crippen molar-refractivity contribution < 1.29 is 4.52 Å². The molecule has 1 unspecified atom stereocenters. The van der Waals surface area contributed by atoms with Crippen molar-refractivity contribution in [2.75, 3.05) is 0 Å². The zero-order chi connectivity index (χ0) is 14.2. The first kappa shape index (κ1) is 14.2. The molecule has 20 heavy (non-hydrogen) atoms. The molecule has 0 radical (unpaired) electrons. The summed E-state index contributed by atoms with van der Waals surface area (Å²) < 4.78 is 4.80. The summed E-state index contributed by atoms with van der Waals surface area (Å²) in [5, 5.41) is 13.5. The molecule has 0 aromatic carbocycles. The van der Waals surface area contributed by atoms with E-state index in [1.807, 2.05) is 0 Å². The number of hydrogen-bond acceptors (Lipinski definition) is 4. The van der Waals surface area contributed by atoms with Crippen LogP contribution in [0.2, 0.25) is 0 Å². The fourth-order valence-electron chi connectivity index (χ4n) is 2.96. The second-order valence-corrected chi connectivity index (χ2v) is 7.51. The minimum atomic E-state index is -0.564. The van der Waals surface area contributed by atoms with Crippen LogP contribution in [0.4, 0.5) is 0 Å². The number of nitrogens with zero attached hydrogens (tertiary/aromatic N) is 3. The van der Waals surface area contributed by atoms with Gasteiger partial charge < -0.3 is 4.52 Å². The Morgan fingerprint density at radius 3 is 2.60 bits per heavy atom. The van der Waals surface area contributed by atoms with E-state index in [-0.39, 0.29) is 0 Å². The van der Waals surface area contributed by atoms with E-state index in [0.717, 1.165) is 38.5 Å². The van der Waals surface area contributed by atoms with Gasteiger partial charge in [-0.05, 0) is 31.6 Å². The average molecular weight is 314 g/mol. The van der Waals surface area contributed by atoms with E-state index in [9.17, 15) is 5.26 Å². The number of aromatic nitrogens is 2. The van der Waals surface area contributed by atoms with Crippen molar-refractivity contribution in [2.45, 2.75) is 61.1 Å². The molecule has 0 N–H and O–H groups in total. The van der Waals surface area contributed by atoms with Crippen LogP contribution in [0.1, 0.15) is 56.7 Å². The van der Waals surface area contributed by atoms with Gasteiger partial charge in [0, 0.05) is 6.42 Å². The van der Waals surface area contributed by atoms with Crippen LogP contribution >= 0.6 is 23.2 Å². The van der Waals surface area contributed by atoms with E-state index in [1.54, 1.807) is 0 Å². The second-order valence-electron chi connectivity index (χ2n) is 5.97. The highest BCUT2D eigenvalue weighted by molar-refractivity contribution is 6.50. The molecule has 108 valence electrons. The average Bonchev–Trinajstić information content (AvgIpc) is 2.88. The summed E-state index contributed by atoms with van der Waals surface area (Å²) in [5.41, 5.74) is -0.564. The maximum Gasteiger partial charge on any atom is 0.247 e. The van der Waals surface area contributed by atoms with Crippen molar-refractivity contribution in [2.24, 2.45) is 5.92 Å². The van der Waals surface area contributed by atoms with Gasteiger partial charge in [-0.3, -0.25) is 0 Å². The van der Waals surface area contributed by atoms with Crippen molar-refractivity contribution in [3.05, 3.63) is 11.7 Å². The van der Waals surface area contributed by atoms with Crippen molar-refractivity contribution in [1.82, 2.24) is 10.1 Å². The largest absolute Gasteiger partial charge is 0.338 e. The lowest BCUT2D eigenvalue weighted by molar-refractivity contribution is 0.263. The highest BCUT2D eigenvalue weighted by Gasteiger charge is 2.51. The summed E-state index contributed by atoms with van der Waals surface area (Å²) in [6, 6.07) is 2.40. The summed E-state index contributed by atoms with van der Waals surface area (Å²) in [6.45, 7) is 0. The standard InChI is InChI=1S/C14H17Cl2N3O/c15-14(16)8-10(14)4-5-11-18-12(20-19-11)13(9-17)6-2-1-3-7-13/h10H,1-8H2. The summed E-state index contributed by atoms with van der Waals surface area (Å²) in [6.07, 6.45) is 7.33. The maximum atomic E-state index is 9.49. The summed E-state index contributed by atoms with van der Waals surface area (Å²) in [5.74, 6) is 1.48. The van der Waals surface area contributed by atoms with Crippen LogP contribution in [0.25, 0.3) is 0 Å². The number of nitriles is 1. The zero-order valence-corrected chi connectivity index (χ0v) is 12.8. The smallest absolute Gasteiger partial charge is 0.247 e. The van der Waals surface area contributed by atoms with E-state index in [4.69, 9.17) is 27.7 Å². The van der Waals surface area contributed by atoms with Gasteiger partial charge in [0.15, 0.2) is 5.82 Å². The van der Waals surface area contributed by atoms with Gasteiger partial charge in [-0.2, -0.15) is 10.2 Å². The molecule has 0 amide bonds. The van der Waals surface area contributed by atoms with E-state index in [2.05, 4.69) is 16.2 Å². The van der Waals surface area contributed by atoms with Crippen LogP contribution in [0.15, 0.2) is 4.52 Å². The monoisotopic (exact) mass is 313 g/mol. The molecule has 2 aliphatic rings. The molecule has 0 bridgehead atoms. The van der Waals surface area contributed by atoms with Crippen LogP contribution in [-0.2, 0) is 11.8 Å². The Bertz CT molecular complexity index is 529. The molecule has 0 aliphatic heterocycles. The molecular formula is C14H17Cl2N3O. The highest BCUT2D eigenvalue weighted by atomic mass is 35.5. The second kappa shape index (κ2) is 5.20. The van der Waals surface area contributed by atoms with Crippen LogP contribution in [-0.4, -0.2) is 14.5 Å². The first-order valence-corrected chi connectivity index (χ1v) is 7.93. The molecular weight excluding hydrogens is 297 g/mol. The molecule has 2 aliphatic carbocycles. The third-order valence-corrected chi connectivity index (χ3v) is 5.40. The van der Waals surface area contributed by atoms with Crippen LogP contribution in [0.3, 0.4) is 0 Å². The normalized spacial score (nSPS) is 26.9. The van der Waals surface area contributed by atoms with Gasteiger partial charge in [-0.25, -0.2) is 0 Å². The highest BCUT2D eigenvalue weighted by Crippen LogP contribution is 2.55. The quantitative estimate of drug-likeness (QED) is 0.790. The molecule has 3 rings (SSSR count). The summed E-state index contributed by atoms with van der Waals surface area (Å²) in [4.78, 5) is 4.44. The third-order valence-electron chi connectivity index (χ3n) is 4.47. The number of rotatable bonds is 4. The van der Waals surface area contributed by atoms with Crippen LogP contribution in [0.5, 0.6) is 0 Å². The Balaban J connectivity index is 1.65. The molecule has 6 heteroatoms. The lowest BCUT2D eigenvalue weighted by Crippen LogP contribution is -2.27. The zero-order valence-electron chi connectivity index (χ0n) is 11.2. The van der Waals surface area contributed by atoms with Gasteiger partial charge >= 0.3 is 0 Å². The topological polar surface area (TPSA) is 62.7 Å². The first-order valence-electron chi connectivity index (χ1n) is 7.18. The molecule has 0 spiro atoms. The van der Waals surface area contributed by atoms with Gasteiger partial charge in [-0.15, -0.1) is 23.2 Å². The molecule has 0 saturated heterocycles. The van der Waals surface area contributed by atoms with Crippen LogP contribution in [0, 0.1) is 17.2 Å². The Morgan fingerprint density at radius 2 is 2.00 bits per heavy atom. The maximum absolute atomic E-state index is 9.49. The number of hydrogen-bond donors (Lipinski definition) is 0. The van der Waals surface area contributed by atoms with Gasteiger partial charge in [0.1, 0.15) is 9.75 Å². The lowest BCUT2D eigenvalue weighted by atomic mass is 9.75. The molecule has 1 aromatic heterocycles. The van der Waals surface area contributed by atoms with Gasteiger partial charge in [0.25, 0.3) is 0 Å². The lowest BCUT2D eigenvalue weighted by Gasteiger charge is -2.26. The van der Waals surface area contributed by atoms with Crippen molar-refractivity contribution in [1.29, 1.82) is 5.26 Å². The van der Waals surface area contributed by atoms with E-state index >= 15 is 0 Å². The fourth-order valence-corrected chi connectivity index (χ4v) is 3.56. The number of alkyl halides is 2. The molecule has 4 nitrogen and oxygen atoms in total. The summed E-state index contributed by atoms with van der Waals surface area (Å²) in [7, 11) is 0. The fraction of sp³-hybridized carbons (Fsp3) is 0.786. The predicted octanol–water partition coefficient (Wildman–Crippen LogP) is 3.92. The van der Waals surface area contributed by atoms with Crippen molar-refractivity contribution >= 4 is 23.2 Å². The van der Waals surface area contributed by atoms with Gasteiger partial charge in [0.2, 0.25) is 5.89 Å². The minimum absolute atomic E-state index is 0.326. The predicted molar refractivity (Wildman–Crippen MR) is 75.5 cm³/mol. The minimum Gasteiger partial charge on any atom is -0.338 e. The Labute approximate surface area is 128 Å². The van der Waals surface area contributed by atoms with Crippen molar-refractivity contribution in [3.8, 4) is 6.07 Å². The molecule has 1 aromatic rings. The van der Waals surface area contributed by atoms with E-state index < -0.39 is 9.75 Å². The van der Waals surface area contributed by atoms with Gasteiger partial charge in [-0.1, -0.05) is 24.4 Å². The Morgan fingerprint density at radius 1 is 1.30 bits per heavy atom. The SMILES string of the molecule is N#CC1(c2nc(CCC3CC3(Cl)Cl)no2)CCCCC1. The molecule has 1 atom stereocenters. The first-order chi connectivity index (χ1) is 9.56. The number of halogens is 2.